The molecule has 0 aliphatic carbocycles. The van der Waals surface area contributed by atoms with Gasteiger partial charge in [0.15, 0.2) is 5.76 Å². The van der Waals surface area contributed by atoms with Crippen molar-refractivity contribution >= 4 is 11.6 Å². The fraction of sp³-hybridized carbons (Fsp3) is 0.154. The van der Waals surface area contributed by atoms with Crippen LogP contribution in [-0.2, 0) is 0 Å². The average Bonchev–Trinajstić information content (AvgIpc) is 2.90. The first-order chi connectivity index (χ1) is 8.24. The fourth-order valence-electron chi connectivity index (χ4n) is 1.58. The molecule has 1 amide bonds. The van der Waals surface area contributed by atoms with Crippen LogP contribution in [0.25, 0.3) is 0 Å². The molecular weight excluding hydrogens is 218 g/mol. The van der Waals surface area contributed by atoms with Crippen molar-refractivity contribution in [3.63, 3.8) is 0 Å². The molecular formula is C13H13NO3. The zero-order valence-electron chi connectivity index (χ0n) is 9.71. The van der Waals surface area contributed by atoms with E-state index in [0.29, 0.717) is 17.2 Å². The lowest BCUT2D eigenvalue weighted by atomic mass is 10.2. The number of amides is 1. The van der Waals surface area contributed by atoms with Crippen LogP contribution in [0.1, 0.15) is 10.6 Å². The van der Waals surface area contributed by atoms with Crippen LogP contribution in [0.4, 0.5) is 5.69 Å². The molecule has 88 valence electrons. The van der Waals surface area contributed by atoms with Gasteiger partial charge in [-0.05, 0) is 24.3 Å². The van der Waals surface area contributed by atoms with E-state index in [1.54, 1.807) is 32.4 Å². The highest BCUT2D eigenvalue weighted by atomic mass is 16.5. The molecule has 0 spiro atoms. The third-order valence-electron chi connectivity index (χ3n) is 2.48. The Labute approximate surface area is 99.4 Å². The van der Waals surface area contributed by atoms with E-state index >= 15 is 0 Å². The second kappa shape index (κ2) is 4.74. The monoisotopic (exact) mass is 231 g/mol. The number of hydrogen-bond donors (Lipinski definition) is 0. The van der Waals surface area contributed by atoms with Gasteiger partial charge in [-0.25, -0.2) is 0 Å². The number of carbonyl (C=O) groups excluding carboxylic acids is 1. The van der Waals surface area contributed by atoms with Crippen molar-refractivity contribution in [3.8, 4) is 5.75 Å². The summed E-state index contributed by atoms with van der Waals surface area (Å²) in [5.74, 6) is 0.743. The van der Waals surface area contributed by atoms with E-state index < -0.39 is 0 Å². The summed E-state index contributed by atoms with van der Waals surface area (Å²) >= 11 is 0. The Hall–Kier alpha value is -2.23. The Morgan fingerprint density at radius 1 is 1.24 bits per heavy atom. The summed E-state index contributed by atoms with van der Waals surface area (Å²) in [4.78, 5) is 13.5. The molecule has 0 unspecified atom stereocenters. The van der Waals surface area contributed by atoms with Crippen LogP contribution in [0.3, 0.4) is 0 Å². The zero-order chi connectivity index (χ0) is 12.3. The standard InChI is InChI=1S/C13H13NO3/c1-14(13(15)12-8-5-9-17-12)10-6-3-4-7-11(10)16-2/h3-9H,1-2H3. The molecule has 1 aromatic carbocycles. The molecule has 0 fully saturated rings. The molecule has 0 aliphatic rings. The van der Waals surface area contributed by atoms with Gasteiger partial charge < -0.3 is 14.1 Å². The summed E-state index contributed by atoms with van der Waals surface area (Å²) in [7, 11) is 3.26. The van der Waals surface area contributed by atoms with Crippen molar-refractivity contribution in [3.05, 3.63) is 48.4 Å². The molecule has 0 N–H and O–H groups in total. The third-order valence-corrected chi connectivity index (χ3v) is 2.48. The van der Waals surface area contributed by atoms with Gasteiger partial charge >= 0.3 is 0 Å². The molecule has 2 aromatic rings. The number of ether oxygens (including phenoxy) is 1. The van der Waals surface area contributed by atoms with E-state index in [1.807, 2.05) is 18.2 Å². The molecule has 2 rings (SSSR count). The van der Waals surface area contributed by atoms with E-state index in [4.69, 9.17) is 9.15 Å². The second-order valence-corrected chi connectivity index (χ2v) is 3.51. The minimum Gasteiger partial charge on any atom is -0.495 e. The van der Waals surface area contributed by atoms with Gasteiger partial charge in [-0.15, -0.1) is 0 Å². The van der Waals surface area contributed by atoms with Crippen LogP contribution < -0.4 is 9.64 Å². The number of rotatable bonds is 3. The highest BCUT2D eigenvalue weighted by Crippen LogP contribution is 2.27. The lowest BCUT2D eigenvalue weighted by Crippen LogP contribution is -2.26. The Bertz CT molecular complexity index is 505. The van der Waals surface area contributed by atoms with Crippen LogP contribution in [0.15, 0.2) is 47.1 Å². The SMILES string of the molecule is COc1ccccc1N(C)C(=O)c1ccco1. The van der Waals surface area contributed by atoms with E-state index in [-0.39, 0.29) is 5.91 Å². The summed E-state index contributed by atoms with van der Waals surface area (Å²) < 4.78 is 10.3. The van der Waals surface area contributed by atoms with Crippen LogP contribution in [0.5, 0.6) is 5.75 Å². The van der Waals surface area contributed by atoms with Gasteiger partial charge in [0.05, 0.1) is 19.1 Å². The topological polar surface area (TPSA) is 42.7 Å². The highest BCUT2D eigenvalue weighted by molar-refractivity contribution is 6.04. The van der Waals surface area contributed by atoms with Gasteiger partial charge in [0.1, 0.15) is 5.75 Å². The molecule has 0 saturated carbocycles. The van der Waals surface area contributed by atoms with Gasteiger partial charge in [-0.2, -0.15) is 0 Å². The Kier molecular flexibility index (Phi) is 3.14. The van der Waals surface area contributed by atoms with Crippen LogP contribution in [0.2, 0.25) is 0 Å². The van der Waals surface area contributed by atoms with Crippen molar-refractivity contribution in [2.24, 2.45) is 0 Å². The largest absolute Gasteiger partial charge is 0.495 e. The van der Waals surface area contributed by atoms with E-state index in [2.05, 4.69) is 0 Å². The number of methoxy groups -OCH3 is 1. The van der Waals surface area contributed by atoms with Crippen molar-refractivity contribution in [1.82, 2.24) is 0 Å². The van der Waals surface area contributed by atoms with Crippen LogP contribution in [-0.4, -0.2) is 20.1 Å². The van der Waals surface area contributed by atoms with Gasteiger partial charge in [0, 0.05) is 7.05 Å². The van der Waals surface area contributed by atoms with Crippen molar-refractivity contribution < 1.29 is 13.9 Å². The normalized spacial score (nSPS) is 10.0. The lowest BCUT2D eigenvalue weighted by Gasteiger charge is -2.18. The molecule has 4 nitrogen and oxygen atoms in total. The number of benzene rings is 1. The molecule has 0 atom stereocenters. The third kappa shape index (κ3) is 2.15. The maximum absolute atomic E-state index is 12.1. The Balaban J connectivity index is 2.31. The van der Waals surface area contributed by atoms with Crippen molar-refractivity contribution in [2.45, 2.75) is 0 Å². The summed E-state index contributed by atoms with van der Waals surface area (Å²) in [6.07, 6.45) is 1.48. The number of nitrogens with zero attached hydrogens (tertiary/aromatic N) is 1. The van der Waals surface area contributed by atoms with Crippen molar-refractivity contribution in [1.29, 1.82) is 0 Å². The Morgan fingerprint density at radius 3 is 2.65 bits per heavy atom. The van der Waals surface area contributed by atoms with Crippen LogP contribution >= 0.6 is 0 Å². The molecule has 0 aliphatic heterocycles. The average molecular weight is 231 g/mol. The predicted octanol–water partition coefficient (Wildman–Crippen LogP) is 2.56. The Morgan fingerprint density at radius 2 is 2.00 bits per heavy atom. The molecule has 4 heteroatoms. The molecule has 0 saturated heterocycles. The van der Waals surface area contributed by atoms with Gasteiger partial charge in [0.2, 0.25) is 0 Å². The van der Waals surface area contributed by atoms with E-state index in [1.165, 1.54) is 11.2 Å². The minimum atomic E-state index is -0.209. The fourth-order valence-corrected chi connectivity index (χ4v) is 1.58. The number of para-hydroxylation sites is 2. The van der Waals surface area contributed by atoms with Crippen molar-refractivity contribution in [2.75, 3.05) is 19.1 Å². The molecule has 17 heavy (non-hydrogen) atoms. The smallest absolute Gasteiger partial charge is 0.293 e. The molecule has 0 bridgehead atoms. The first-order valence-corrected chi connectivity index (χ1v) is 5.18. The second-order valence-electron chi connectivity index (χ2n) is 3.51. The maximum Gasteiger partial charge on any atom is 0.293 e. The van der Waals surface area contributed by atoms with Gasteiger partial charge in [0.25, 0.3) is 5.91 Å². The summed E-state index contributed by atoms with van der Waals surface area (Å²) in [5.41, 5.74) is 0.705. The van der Waals surface area contributed by atoms with Crippen LogP contribution in [0, 0.1) is 0 Å². The molecule has 1 aromatic heterocycles. The number of furan rings is 1. The van der Waals surface area contributed by atoms with Gasteiger partial charge in [-0.3, -0.25) is 4.79 Å². The lowest BCUT2D eigenvalue weighted by molar-refractivity contribution is 0.0966. The maximum atomic E-state index is 12.1. The highest BCUT2D eigenvalue weighted by Gasteiger charge is 2.18. The molecule has 0 radical (unpaired) electrons. The van der Waals surface area contributed by atoms with E-state index in [0.717, 1.165) is 0 Å². The summed E-state index contributed by atoms with van der Waals surface area (Å²) in [6.45, 7) is 0. The predicted molar refractivity (Wildman–Crippen MR) is 64.4 cm³/mol. The number of anilines is 1. The zero-order valence-corrected chi connectivity index (χ0v) is 9.71. The van der Waals surface area contributed by atoms with E-state index in [9.17, 15) is 4.79 Å². The summed E-state index contributed by atoms with van der Waals surface area (Å²) in [5, 5.41) is 0. The first kappa shape index (κ1) is 11.3. The summed E-state index contributed by atoms with van der Waals surface area (Å²) in [6, 6.07) is 10.6. The number of hydrogen-bond acceptors (Lipinski definition) is 3. The first-order valence-electron chi connectivity index (χ1n) is 5.18. The van der Waals surface area contributed by atoms with Gasteiger partial charge in [-0.1, -0.05) is 12.1 Å². The molecule has 1 heterocycles. The number of carbonyl (C=O) groups is 1. The quantitative estimate of drug-likeness (QED) is 0.815. The minimum absolute atomic E-state index is 0.209.